The third-order valence-corrected chi connectivity index (χ3v) is 3.44. The van der Waals surface area contributed by atoms with E-state index in [9.17, 15) is 4.79 Å². The Morgan fingerprint density at radius 1 is 1.50 bits per heavy atom. The number of aromatic amines is 1. The first-order valence-electron chi connectivity index (χ1n) is 5.23. The molecule has 0 bridgehead atoms. The molecule has 1 unspecified atom stereocenters. The number of halogens is 1. The smallest absolute Gasteiger partial charge is 0.326 e. The summed E-state index contributed by atoms with van der Waals surface area (Å²) >= 11 is 3.39. The summed E-state index contributed by atoms with van der Waals surface area (Å²) in [6.07, 6.45) is 0.906. The minimum absolute atomic E-state index is 0.0522. The molecular formula is C11H11BrN2O2. The first-order valence-corrected chi connectivity index (χ1v) is 6.02. The second-order valence-electron chi connectivity index (χ2n) is 3.98. The molecule has 0 spiro atoms. The van der Waals surface area contributed by atoms with Crippen LogP contribution in [0.5, 0.6) is 0 Å². The van der Waals surface area contributed by atoms with Gasteiger partial charge >= 0.3 is 5.69 Å². The molecule has 84 valence electrons. The molecule has 0 saturated carbocycles. The van der Waals surface area contributed by atoms with E-state index >= 15 is 0 Å². The maximum atomic E-state index is 11.9. The number of hydrogen-bond donors (Lipinski definition) is 1. The van der Waals surface area contributed by atoms with E-state index in [1.54, 1.807) is 4.57 Å². The third kappa shape index (κ3) is 1.51. The van der Waals surface area contributed by atoms with Crippen LogP contribution in [0.2, 0.25) is 0 Å². The fourth-order valence-electron chi connectivity index (χ4n) is 2.19. The molecule has 1 aliphatic heterocycles. The van der Waals surface area contributed by atoms with Crippen LogP contribution in [0, 0.1) is 0 Å². The predicted molar refractivity (Wildman–Crippen MR) is 64.7 cm³/mol. The topological polar surface area (TPSA) is 47.0 Å². The summed E-state index contributed by atoms with van der Waals surface area (Å²) in [4.78, 5) is 14.7. The lowest BCUT2D eigenvalue weighted by atomic mass is 10.2. The van der Waals surface area contributed by atoms with Crippen LogP contribution in [-0.2, 0) is 4.74 Å². The van der Waals surface area contributed by atoms with E-state index in [2.05, 4.69) is 20.9 Å². The first-order chi connectivity index (χ1) is 7.75. The minimum atomic E-state index is -0.0522. The number of H-pyrrole nitrogens is 1. The fraction of sp³-hybridized carbons (Fsp3) is 0.364. The van der Waals surface area contributed by atoms with E-state index in [0.29, 0.717) is 6.61 Å². The molecular weight excluding hydrogens is 272 g/mol. The van der Waals surface area contributed by atoms with Crippen molar-refractivity contribution in [1.29, 1.82) is 0 Å². The van der Waals surface area contributed by atoms with E-state index in [1.165, 1.54) is 0 Å². The summed E-state index contributed by atoms with van der Waals surface area (Å²) in [7, 11) is 0. The maximum Gasteiger partial charge on any atom is 0.326 e. The molecule has 16 heavy (non-hydrogen) atoms. The highest BCUT2D eigenvalue weighted by molar-refractivity contribution is 9.10. The largest absolute Gasteiger partial charge is 0.379 e. The number of nitrogens with one attached hydrogen (secondary N) is 1. The Bertz CT molecular complexity index is 581. The van der Waals surface area contributed by atoms with E-state index < -0.39 is 0 Å². The molecule has 3 rings (SSSR count). The lowest BCUT2D eigenvalue weighted by Gasteiger charge is -2.09. The first kappa shape index (κ1) is 10.1. The van der Waals surface area contributed by atoms with E-state index in [0.717, 1.165) is 28.5 Å². The summed E-state index contributed by atoms with van der Waals surface area (Å²) in [6, 6.07) is 5.99. The van der Waals surface area contributed by atoms with Gasteiger partial charge in [-0.1, -0.05) is 15.9 Å². The highest BCUT2D eigenvalue weighted by atomic mass is 79.9. The van der Waals surface area contributed by atoms with E-state index in [-0.39, 0.29) is 11.7 Å². The zero-order valence-electron chi connectivity index (χ0n) is 8.57. The standard InChI is InChI=1S/C11H11BrN2O2/c12-7-1-2-10-9(5-7)13-11(15)14(10)8-3-4-16-6-8/h1-2,5,8H,3-4,6H2,(H,13,15). The van der Waals surface area contributed by atoms with Crippen LogP contribution in [0.3, 0.4) is 0 Å². The normalized spacial score (nSPS) is 20.7. The predicted octanol–water partition coefficient (Wildman–Crippen LogP) is 2.05. The Morgan fingerprint density at radius 3 is 3.12 bits per heavy atom. The molecule has 1 saturated heterocycles. The minimum Gasteiger partial charge on any atom is -0.379 e. The van der Waals surface area contributed by atoms with Crippen molar-refractivity contribution in [3.05, 3.63) is 33.2 Å². The van der Waals surface area contributed by atoms with Gasteiger partial charge in [0.25, 0.3) is 0 Å². The van der Waals surface area contributed by atoms with Crippen LogP contribution in [0.15, 0.2) is 27.5 Å². The van der Waals surface area contributed by atoms with Crippen molar-refractivity contribution >= 4 is 27.0 Å². The van der Waals surface area contributed by atoms with Crippen LogP contribution in [-0.4, -0.2) is 22.8 Å². The van der Waals surface area contributed by atoms with Gasteiger partial charge in [-0.25, -0.2) is 4.79 Å². The Labute approximate surface area is 100 Å². The number of benzene rings is 1. The fourth-order valence-corrected chi connectivity index (χ4v) is 2.55. The van der Waals surface area contributed by atoms with Gasteiger partial charge in [-0.3, -0.25) is 4.57 Å². The molecule has 2 heterocycles. The van der Waals surface area contributed by atoms with Gasteiger partial charge in [-0.2, -0.15) is 0 Å². The van der Waals surface area contributed by atoms with Crippen molar-refractivity contribution in [2.75, 3.05) is 13.2 Å². The Morgan fingerprint density at radius 2 is 2.38 bits per heavy atom. The summed E-state index contributed by atoms with van der Waals surface area (Å²) < 4.78 is 8.09. The quantitative estimate of drug-likeness (QED) is 0.870. The summed E-state index contributed by atoms with van der Waals surface area (Å²) in [5.74, 6) is 0. The number of hydrogen-bond acceptors (Lipinski definition) is 2. The number of rotatable bonds is 1. The van der Waals surface area contributed by atoms with Crippen LogP contribution >= 0.6 is 15.9 Å². The van der Waals surface area contributed by atoms with Crippen LogP contribution in [0.1, 0.15) is 12.5 Å². The molecule has 4 nitrogen and oxygen atoms in total. The number of nitrogens with zero attached hydrogens (tertiary/aromatic N) is 1. The number of imidazole rings is 1. The second-order valence-corrected chi connectivity index (χ2v) is 4.89. The molecule has 1 aliphatic rings. The van der Waals surface area contributed by atoms with Gasteiger partial charge in [-0.15, -0.1) is 0 Å². The van der Waals surface area contributed by atoms with Gasteiger partial charge in [-0.05, 0) is 24.6 Å². The summed E-state index contributed by atoms with van der Waals surface area (Å²) in [6.45, 7) is 1.36. The van der Waals surface area contributed by atoms with Crippen molar-refractivity contribution in [3.63, 3.8) is 0 Å². The lowest BCUT2D eigenvalue weighted by Crippen LogP contribution is -2.22. The molecule has 1 fully saturated rings. The van der Waals surface area contributed by atoms with Crippen molar-refractivity contribution < 1.29 is 4.74 Å². The van der Waals surface area contributed by atoms with Crippen LogP contribution < -0.4 is 5.69 Å². The Hall–Kier alpha value is -1.07. The summed E-state index contributed by atoms with van der Waals surface area (Å²) in [5.41, 5.74) is 1.76. The van der Waals surface area contributed by atoms with Crippen LogP contribution in [0.4, 0.5) is 0 Å². The maximum absolute atomic E-state index is 11.9. The highest BCUT2D eigenvalue weighted by Gasteiger charge is 2.21. The third-order valence-electron chi connectivity index (χ3n) is 2.95. The SMILES string of the molecule is O=c1[nH]c2cc(Br)ccc2n1C1CCOC1. The molecule has 1 aromatic heterocycles. The average Bonchev–Trinajstić information content (AvgIpc) is 2.83. The molecule has 2 aromatic rings. The van der Waals surface area contributed by atoms with Gasteiger partial charge in [0.1, 0.15) is 0 Å². The molecule has 0 aliphatic carbocycles. The van der Waals surface area contributed by atoms with Gasteiger partial charge in [0, 0.05) is 11.1 Å². The lowest BCUT2D eigenvalue weighted by molar-refractivity contribution is 0.186. The van der Waals surface area contributed by atoms with Gasteiger partial charge in [0.2, 0.25) is 0 Å². The molecule has 0 radical (unpaired) electrons. The molecule has 0 amide bonds. The summed E-state index contributed by atoms with van der Waals surface area (Å²) in [5, 5.41) is 0. The number of fused-ring (bicyclic) bond motifs is 1. The van der Waals surface area contributed by atoms with Gasteiger partial charge < -0.3 is 9.72 Å². The molecule has 1 aromatic carbocycles. The van der Waals surface area contributed by atoms with Crippen molar-refractivity contribution in [2.24, 2.45) is 0 Å². The molecule has 1 atom stereocenters. The zero-order chi connectivity index (χ0) is 11.1. The zero-order valence-corrected chi connectivity index (χ0v) is 10.2. The highest BCUT2D eigenvalue weighted by Crippen LogP contribution is 2.23. The number of ether oxygens (including phenoxy) is 1. The van der Waals surface area contributed by atoms with Gasteiger partial charge in [0.05, 0.1) is 23.7 Å². The van der Waals surface area contributed by atoms with Gasteiger partial charge in [0.15, 0.2) is 0 Å². The van der Waals surface area contributed by atoms with E-state index in [4.69, 9.17) is 4.74 Å². The molecule has 1 N–H and O–H groups in total. The Balaban J connectivity index is 2.23. The second kappa shape index (κ2) is 3.75. The van der Waals surface area contributed by atoms with Crippen molar-refractivity contribution in [3.8, 4) is 0 Å². The van der Waals surface area contributed by atoms with Crippen molar-refractivity contribution in [1.82, 2.24) is 9.55 Å². The van der Waals surface area contributed by atoms with E-state index in [1.807, 2.05) is 18.2 Å². The molecule has 5 heteroatoms. The monoisotopic (exact) mass is 282 g/mol. The average molecular weight is 283 g/mol. The number of aromatic nitrogens is 2. The van der Waals surface area contributed by atoms with Crippen LogP contribution in [0.25, 0.3) is 11.0 Å². The van der Waals surface area contributed by atoms with Crippen molar-refractivity contribution in [2.45, 2.75) is 12.5 Å². The Kier molecular flexibility index (Phi) is 2.37.